The van der Waals surface area contributed by atoms with Crippen LogP contribution in [0.15, 0.2) is 4.79 Å². The number of halogens is 2. The topological polar surface area (TPSA) is 89.5 Å². The molecule has 2 fully saturated rings. The van der Waals surface area contributed by atoms with E-state index >= 15 is 0 Å². The summed E-state index contributed by atoms with van der Waals surface area (Å²) in [6, 6.07) is 0. The van der Waals surface area contributed by atoms with Crippen LogP contribution in [0.25, 0.3) is 0 Å². The van der Waals surface area contributed by atoms with Gasteiger partial charge in [-0.25, -0.2) is 13.8 Å². The van der Waals surface area contributed by atoms with Crippen LogP contribution >= 0.6 is 0 Å². The van der Waals surface area contributed by atoms with Crippen LogP contribution in [0.4, 0.5) is 8.78 Å². The third-order valence-corrected chi connectivity index (χ3v) is 6.04. The Morgan fingerprint density at radius 2 is 1.83 bits per heavy atom. The lowest BCUT2D eigenvalue weighted by Crippen LogP contribution is -2.48. The third kappa shape index (κ3) is 5.60. The summed E-state index contributed by atoms with van der Waals surface area (Å²) >= 11 is 0. The van der Waals surface area contributed by atoms with Gasteiger partial charge in [0, 0.05) is 56.8 Å². The Morgan fingerprint density at radius 1 is 1.14 bits per heavy atom. The normalized spacial score (nSPS) is 25.6. The maximum Gasteiger partial charge on any atom is 0.254 e. The van der Waals surface area contributed by atoms with E-state index in [1.807, 2.05) is 4.90 Å². The predicted octanol–water partition coefficient (Wildman–Crippen LogP) is 1.40. The molecule has 2 N–H and O–H groups in total. The minimum Gasteiger partial charge on any atom is -0.388 e. The number of aromatic amines is 1. The van der Waals surface area contributed by atoms with Crippen molar-refractivity contribution in [2.24, 2.45) is 0 Å². The summed E-state index contributed by atoms with van der Waals surface area (Å²) in [5, 5.41) is 11.0. The number of aliphatic hydroxyl groups is 1. The van der Waals surface area contributed by atoms with Gasteiger partial charge in [-0.3, -0.25) is 9.59 Å². The molecule has 7 nitrogen and oxygen atoms in total. The first-order valence-corrected chi connectivity index (χ1v) is 10.2. The van der Waals surface area contributed by atoms with Crippen LogP contribution in [0.1, 0.15) is 49.2 Å². The van der Waals surface area contributed by atoms with Gasteiger partial charge >= 0.3 is 0 Å². The zero-order chi connectivity index (χ0) is 21.2. The molecule has 0 saturated carbocycles. The SMILES string of the molecule is Cc1nc(C)c(CC(=O)N2CCCC(O)(CN3CCC(F)(F)CC3)CC2)c(=O)[nH]1. The first-order chi connectivity index (χ1) is 13.6. The molecule has 2 aliphatic rings. The second kappa shape index (κ2) is 8.47. The van der Waals surface area contributed by atoms with Crippen molar-refractivity contribution in [1.82, 2.24) is 19.8 Å². The number of hydrogen-bond acceptors (Lipinski definition) is 5. The summed E-state index contributed by atoms with van der Waals surface area (Å²) in [6.07, 6.45) is 1.18. The van der Waals surface area contributed by atoms with E-state index in [4.69, 9.17) is 0 Å². The van der Waals surface area contributed by atoms with Crippen molar-refractivity contribution in [2.45, 2.75) is 63.9 Å². The largest absolute Gasteiger partial charge is 0.388 e. The number of alkyl halides is 2. The summed E-state index contributed by atoms with van der Waals surface area (Å²) in [4.78, 5) is 35.3. The summed E-state index contributed by atoms with van der Waals surface area (Å²) in [6.45, 7) is 5.21. The van der Waals surface area contributed by atoms with Crippen LogP contribution in [0.2, 0.25) is 0 Å². The number of nitrogens with zero attached hydrogens (tertiary/aromatic N) is 3. The summed E-state index contributed by atoms with van der Waals surface area (Å²) < 4.78 is 26.7. The zero-order valence-corrected chi connectivity index (χ0v) is 17.1. The number of rotatable bonds is 4. The fourth-order valence-electron chi connectivity index (χ4n) is 4.26. The van der Waals surface area contributed by atoms with Gasteiger partial charge in [-0.15, -0.1) is 0 Å². The minimum atomic E-state index is -2.60. The van der Waals surface area contributed by atoms with E-state index in [1.165, 1.54) is 0 Å². The van der Waals surface area contributed by atoms with Gasteiger partial charge in [-0.1, -0.05) is 0 Å². The lowest BCUT2D eigenvalue weighted by molar-refractivity contribution is -0.130. The van der Waals surface area contributed by atoms with Crippen molar-refractivity contribution in [3.05, 3.63) is 27.4 Å². The number of aromatic nitrogens is 2. The monoisotopic (exact) mass is 412 g/mol. The molecule has 0 bridgehead atoms. The molecule has 0 aromatic carbocycles. The Hall–Kier alpha value is -1.87. The number of aryl methyl sites for hydroxylation is 2. The number of β-amino-alcohol motifs (C(OH)–C–C–N with tert-alkyl or cyclic N) is 1. The molecule has 1 unspecified atom stereocenters. The van der Waals surface area contributed by atoms with Gasteiger partial charge in [0.15, 0.2) is 0 Å². The Labute approximate surface area is 169 Å². The highest BCUT2D eigenvalue weighted by Crippen LogP contribution is 2.30. The van der Waals surface area contributed by atoms with E-state index in [0.717, 1.165) is 0 Å². The van der Waals surface area contributed by atoms with E-state index in [1.54, 1.807) is 18.7 Å². The van der Waals surface area contributed by atoms with E-state index in [2.05, 4.69) is 9.97 Å². The number of amides is 1. The number of carbonyl (C=O) groups excluding carboxylic acids is 1. The number of nitrogens with one attached hydrogen (secondary N) is 1. The maximum atomic E-state index is 13.4. The van der Waals surface area contributed by atoms with Crippen molar-refractivity contribution >= 4 is 5.91 Å². The highest BCUT2D eigenvalue weighted by Gasteiger charge is 2.38. The van der Waals surface area contributed by atoms with Crippen LogP contribution in [-0.4, -0.2) is 75.0 Å². The Morgan fingerprint density at radius 3 is 2.48 bits per heavy atom. The minimum absolute atomic E-state index is 0.0198. The smallest absolute Gasteiger partial charge is 0.254 e. The molecule has 162 valence electrons. The summed E-state index contributed by atoms with van der Waals surface area (Å²) in [7, 11) is 0. The number of piperidine rings is 1. The van der Waals surface area contributed by atoms with E-state index < -0.39 is 11.5 Å². The van der Waals surface area contributed by atoms with Crippen LogP contribution < -0.4 is 5.56 Å². The molecule has 2 saturated heterocycles. The fraction of sp³-hybridized carbons (Fsp3) is 0.750. The van der Waals surface area contributed by atoms with E-state index in [9.17, 15) is 23.5 Å². The lowest BCUT2D eigenvalue weighted by atomic mass is 9.93. The van der Waals surface area contributed by atoms with Gasteiger partial charge in [0.2, 0.25) is 5.91 Å². The molecule has 0 spiro atoms. The molecule has 3 heterocycles. The molecule has 1 atom stereocenters. The van der Waals surface area contributed by atoms with Gasteiger partial charge in [0.25, 0.3) is 11.5 Å². The van der Waals surface area contributed by atoms with Crippen molar-refractivity contribution in [2.75, 3.05) is 32.7 Å². The first kappa shape index (κ1) is 21.8. The summed E-state index contributed by atoms with van der Waals surface area (Å²) in [5.41, 5.74) is -0.362. The van der Waals surface area contributed by atoms with Gasteiger partial charge in [0.05, 0.1) is 12.0 Å². The van der Waals surface area contributed by atoms with Crippen molar-refractivity contribution in [3.8, 4) is 0 Å². The maximum absolute atomic E-state index is 13.4. The predicted molar refractivity (Wildman–Crippen MR) is 104 cm³/mol. The molecular formula is C20H30F2N4O3. The third-order valence-electron chi connectivity index (χ3n) is 6.04. The quantitative estimate of drug-likeness (QED) is 0.781. The van der Waals surface area contributed by atoms with Crippen molar-refractivity contribution in [3.63, 3.8) is 0 Å². The lowest BCUT2D eigenvalue weighted by Gasteiger charge is -2.37. The molecule has 1 aromatic rings. The molecule has 0 radical (unpaired) electrons. The Kier molecular flexibility index (Phi) is 6.38. The zero-order valence-electron chi connectivity index (χ0n) is 17.1. The van der Waals surface area contributed by atoms with Gasteiger partial charge < -0.3 is 19.9 Å². The fourth-order valence-corrected chi connectivity index (χ4v) is 4.26. The molecule has 3 rings (SSSR count). The first-order valence-electron chi connectivity index (χ1n) is 10.2. The average Bonchev–Trinajstić information content (AvgIpc) is 2.82. The molecule has 2 aliphatic heterocycles. The number of likely N-dealkylation sites (tertiary alicyclic amines) is 2. The van der Waals surface area contributed by atoms with Crippen LogP contribution in [0.3, 0.4) is 0 Å². The van der Waals surface area contributed by atoms with E-state index in [-0.39, 0.29) is 43.8 Å². The van der Waals surface area contributed by atoms with Gasteiger partial charge in [-0.05, 0) is 33.1 Å². The molecule has 9 heteroatoms. The van der Waals surface area contributed by atoms with Crippen LogP contribution in [-0.2, 0) is 11.2 Å². The van der Waals surface area contributed by atoms with Crippen LogP contribution in [0.5, 0.6) is 0 Å². The molecule has 0 aliphatic carbocycles. The highest BCUT2D eigenvalue weighted by molar-refractivity contribution is 5.79. The number of H-pyrrole nitrogens is 1. The second-order valence-corrected chi connectivity index (χ2v) is 8.48. The standard InChI is InChI=1S/C20H30F2N4O3/c1-14-16(18(28)24-15(2)23-14)12-17(27)26-8-3-4-19(29,5-11-26)13-25-9-6-20(21,22)7-10-25/h29H,3-13H2,1-2H3,(H,23,24,28). The molecular weight excluding hydrogens is 382 g/mol. The average molecular weight is 412 g/mol. The number of carbonyl (C=O) groups is 1. The van der Waals surface area contributed by atoms with Crippen LogP contribution in [0, 0.1) is 13.8 Å². The summed E-state index contributed by atoms with van der Waals surface area (Å²) in [5.74, 6) is -2.25. The van der Waals surface area contributed by atoms with Gasteiger partial charge in [-0.2, -0.15) is 0 Å². The van der Waals surface area contributed by atoms with Crippen molar-refractivity contribution < 1.29 is 18.7 Å². The molecule has 29 heavy (non-hydrogen) atoms. The van der Waals surface area contributed by atoms with Gasteiger partial charge in [0.1, 0.15) is 5.82 Å². The molecule has 1 aromatic heterocycles. The Balaban J connectivity index is 1.58. The Bertz CT molecular complexity index is 803. The number of hydrogen-bond donors (Lipinski definition) is 2. The van der Waals surface area contributed by atoms with Crippen molar-refractivity contribution in [1.29, 1.82) is 0 Å². The molecule has 1 amide bonds. The second-order valence-electron chi connectivity index (χ2n) is 8.48. The van der Waals surface area contributed by atoms with E-state index in [0.29, 0.717) is 56.0 Å². The highest BCUT2D eigenvalue weighted by atomic mass is 19.3.